The number of rotatable bonds is 2. The van der Waals surface area contributed by atoms with Crippen LogP contribution in [-0.2, 0) is 4.74 Å². The minimum absolute atomic E-state index is 0.508. The highest BCUT2D eigenvalue weighted by molar-refractivity contribution is 5.69. The standard InChI is InChI=1S/C11H17N3O2/c1-8-6-5-7-9(12-8)13-14-10(15)16-11(2,3)4/h5-7H,1-4H3,(H,12,13)(H,14,15). The number of aromatic nitrogens is 1. The molecule has 1 aromatic heterocycles. The van der Waals surface area contributed by atoms with Crippen molar-refractivity contribution in [2.24, 2.45) is 0 Å². The summed E-state index contributed by atoms with van der Waals surface area (Å²) in [4.78, 5) is 15.5. The van der Waals surface area contributed by atoms with Gasteiger partial charge in [-0.05, 0) is 39.8 Å². The van der Waals surface area contributed by atoms with Crippen molar-refractivity contribution in [1.82, 2.24) is 10.4 Å². The summed E-state index contributed by atoms with van der Waals surface area (Å²) >= 11 is 0. The Bertz CT molecular complexity index is 372. The smallest absolute Gasteiger partial charge is 0.426 e. The van der Waals surface area contributed by atoms with Crippen LogP contribution in [0, 0.1) is 6.92 Å². The molecule has 0 atom stereocenters. The minimum Gasteiger partial charge on any atom is -0.443 e. The third-order valence-electron chi connectivity index (χ3n) is 1.58. The van der Waals surface area contributed by atoms with Gasteiger partial charge >= 0.3 is 6.09 Å². The van der Waals surface area contributed by atoms with Crippen LogP contribution in [0.4, 0.5) is 10.6 Å². The van der Waals surface area contributed by atoms with E-state index < -0.39 is 11.7 Å². The first-order valence-corrected chi connectivity index (χ1v) is 5.05. The first-order valence-electron chi connectivity index (χ1n) is 5.05. The molecule has 5 heteroatoms. The summed E-state index contributed by atoms with van der Waals surface area (Å²) < 4.78 is 5.05. The molecule has 5 nitrogen and oxygen atoms in total. The maximum Gasteiger partial charge on any atom is 0.426 e. The molecular weight excluding hydrogens is 206 g/mol. The summed E-state index contributed by atoms with van der Waals surface area (Å²) in [7, 11) is 0. The minimum atomic E-state index is -0.532. The number of aryl methyl sites for hydroxylation is 1. The predicted molar refractivity (Wildman–Crippen MR) is 62.0 cm³/mol. The molecule has 88 valence electrons. The van der Waals surface area contributed by atoms with Crippen molar-refractivity contribution >= 4 is 11.9 Å². The zero-order chi connectivity index (χ0) is 12.2. The number of carbonyl (C=O) groups is 1. The van der Waals surface area contributed by atoms with E-state index in [0.29, 0.717) is 5.82 Å². The van der Waals surface area contributed by atoms with Crippen LogP contribution in [0.5, 0.6) is 0 Å². The number of carbonyl (C=O) groups excluding carboxylic acids is 1. The molecule has 1 aromatic rings. The Morgan fingerprint density at radius 3 is 2.62 bits per heavy atom. The van der Waals surface area contributed by atoms with E-state index in [1.54, 1.807) is 26.8 Å². The molecule has 0 aliphatic heterocycles. The van der Waals surface area contributed by atoms with Crippen molar-refractivity contribution in [2.75, 3.05) is 5.43 Å². The van der Waals surface area contributed by atoms with Crippen LogP contribution in [-0.4, -0.2) is 16.7 Å². The molecule has 1 amide bonds. The molecule has 0 unspecified atom stereocenters. The molecule has 2 N–H and O–H groups in total. The summed E-state index contributed by atoms with van der Waals surface area (Å²) in [5.41, 5.74) is 5.44. The number of hydrogen-bond acceptors (Lipinski definition) is 4. The fraction of sp³-hybridized carbons (Fsp3) is 0.455. The molecule has 0 saturated carbocycles. The van der Waals surface area contributed by atoms with E-state index in [0.717, 1.165) is 5.69 Å². The van der Waals surface area contributed by atoms with Crippen molar-refractivity contribution in [3.05, 3.63) is 23.9 Å². The van der Waals surface area contributed by atoms with E-state index >= 15 is 0 Å². The molecule has 0 bridgehead atoms. The molecule has 0 aliphatic rings. The van der Waals surface area contributed by atoms with E-state index in [-0.39, 0.29) is 0 Å². The van der Waals surface area contributed by atoms with E-state index in [1.807, 2.05) is 19.1 Å². The molecule has 0 aromatic carbocycles. The Morgan fingerprint density at radius 1 is 1.38 bits per heavy atom. The number of amides is 1. The quantitative estimate of drug-likeness (QED) is 0.755. The number of hydrazine groups is 1. The second-order valence-corrected chi connectivity index (χ2v) is 4.42. The van der Waals surface area contributed by atoms with Crippen LogP contribution in [0.25, 0.3) is 0 Å². The van der Waals surface area contributed by atoms with Gasteiger partial charge in [0.25, 0.3) is 0 Å². The van der Waals surface area contributed by atoms with Gasteiger partial charge < -0.3 is 4.74 Å². The fourth-order valence-corrected chi connectivity index (χ4v) is 1.03. The molecule has 0 saturated heterocycles. The zero-order valence-corrected chi connectivity index (χ0v) is 10.00. The van der Waals surface area contributed by atoms with Crippen molar-refractivity contribution in [3.8, 4) is 0 Å². The highest BCUT2D eigenvalue weighted by atomic mass is 16.6. The summed E-state index contributed by atoms with van der Waals surface area (Å²) in [5.74, 6) is 0.575. The maximum atomic E-state index is 11.3. The molecule has 1 heterocycles. The Kier molecular flexibility index (Phi) is 3.71. The van der Waals surface area contributed by atoms with Crippen molar-refractivity contribution < 1.29 is 9.53 Å². The summed E-state index contributed by atoms with van der Waals surface area (Å²) in [6.45, 7) is 7.28. The van der Waals surface area contributed by atoms with E-state index in [2.05, 4.69) is 15.8 Å². The van der Waals surface area contributed by atoms with Crippen LogP contribution in [0.3, 0.4) is 0 Å². The van der Waals surface area contributed by atoms with E-state index in [4.69, 9.17) is 4.74 Å². The average molecular weight is 223 g/mol. The zero-order valence-electron chi connectivity index (χ0n) is 10.00. The van der Waals surface area contributed by atoms with Crippen molar-refractivity contribution in [1.29, 1.82) is 0 Å². The largest absolute Gasteiger partial charge is 0.443 e. The van der Waals surface area contributed by atoms with Crippen LogP contribution < -0.4 is 10.9 Å². The van der Waals surface area contributed by atoms with Crippen LogP contribution in [0.1, 0.15) is 26.5 Å². The van der Waals surface area contributed by atoms with Gasteiger partial charge in [-0.2, -0.15) is 0 Å². The van der Waals surface area contributed by atoms with Gasteiger partial charge in [-0.15, -0.1) is 0 Å². The van der Waals surface area contributed by atoms with Gasteiger partial charge in [-0.1, -0.05) is 6.07 Å². The van der Waals surface area contributed by atoms with Gasteiger partial charge in [-0.3, -0.25) is 5.43 Å². The monoisotopic (exact) mass is 223 g/mol. The van der Waals surface area contributed by atoms with Crippen LogP contribution in [0.15, 0.2) is 18.2 Å². The first kappa shape index (κ1) is 12.3. The molecule has 0 radical (unpaired) electrons. The number of hydrogen-bond donors (Lipinski definition) is 2. The second kappa shape index (κ2) is 4.83. The van der Waals surface area contributed by atoms with Gasteiger partial charge in [0.15, 0.2) is 0 Å². The predicted octanol–water partition coefficient (Wildman–Crippen LogP) is 2.24. The lowest BCUT2D eigenvalue weighted by Gasteiger charge is -2.19. The fourth-order valence-electron chi connectivity index (χ4n) is 1.03. The van der Waals surface area contributed by atoms with Crippen LogP contribution >= 0.6 is 0 Å². The Balaban J connectivity index is 2.43. The Morgan fingerprint density at radius 2 is 2.06 bits per heavy atom. The lowest BCUT2D eigenvalue weighted by Crippen LogP contribution is -2.36. The summed E-state index contributed by atoms with van der Waals surface area (Å²) in [6.07, 6.45) is -0.532. The maximum absolute atomic E-state index is 11.3. The number of nitrogens with zero attached hydrogens (tertiary/aromatic N) is 1. The second-order valence-electron chi connectivity index (χ2n) is 4.42. The number of nitrogens with one attached hydrogen (secondary N) is 2. The van der Waals surface area contributed by atoms with Gasteiger partial charge in [0.2, 0.25) is 0 Å². The molecule has 0 aliphatic carbocycles. The first-order chi connectivity index (χ1) is 7.37. The van der Waals surface area contributed by atoms with Gasteiger partial charge in [0, 0.05) is 5.69 Å². The highest BCUT2D eigenvalue weighted by Crippen LogP contribution is 2.07. The number of anilines is 1. The van der Waals surface area contributed by atoms with Gasteiger partial charge in [0.1, 0.15) is 11.4 Å². The normalized spacial score (nSPS) is 10.8. The van der Waals surface area contributed by atoms with Crippen LogP contribution in [0.2, 0.25) is 0 Å². The summed E-state index contributed by atoms with van der Waals surface area (Å²) in [5, 5.41) is 0. The Labute approximate surface area is 95.2 Å². The van der Waals surface area contributed by atoms with Gasteiger partial charge in [-0.25, -0.2) is 15.2 Å². The molecule has 1 rings (SSSR count). The Hall–Kier alpha value is -1.78. The average Bonchev–Trinajstić information content (AvgIpc) is 2.12. The lowest BCUT2D eigenvalue weighted by atomic mass is 10.2. The SMILES string of the molecule is Cc1cccc(NNC(=O)OC(C)(C)C)n1. The molecule has 16 heavy (non-hydrogen) atoms. The molecule has 0 spiro atoms. The topological polar surface area (TPSA) is 63.2 Å². The summed E-state index contributed by atoms with van der Waals surface area (Å²) in [6, 6.07) is 5.48. The lowest BCUT2D eigenvalue weighted by molar-refractivity contribution is 0.0541. The highest BCUT2D eigenvalue weighted by Gasteiger charge is 2.15. The van der Waals surface area contributed by atoms with Crippen molar-refractivity contribution in [2.45, 2.75) is 33.3 Å². The van der Waals surface area contributed by atoms with Crippen molar-refractivity contribution in [3.63, 3.8) is 0 Å². The molecular formula is C11H17N3O2. The van der Waals surface area contributed by atoms with E-state index in [9.17, 15) is 4.79 Å². The third kappa shape index (κ3) is 4.63. The van der Waals surface area contributed by atoms with E-state index in [1.165, 1.54) is 0 Å². The number of pyridine rings is 1. The molecule has 0 fully saturated rings. The third-order valence-corrected chi connectivity index (χ3v) is 1.58. The van der Waals surface area contributed by atoms with Gasteiger partial charge in [0.05, 0.1) is 0 Å². The number of ether oxygens (including phenoxy) is 1.